The lowest BCUT2D eigenvalue weighted by Gasteiger charge is -2.42. The van der Waals surface area contributed by atoms with Crippen LogP contribution in [0.25, 0.3) is 0 Å². The van der Waals surface area contributed by atoms with E-state index in [-0.39, 0.29) is 24.3 Å². The number of nitrogens with one attached hydrogen (secondary N) is 1. The largest absolute Gasteiger partial charge is 0.480 e. The van der Waals surface area contributed by atoms with Crippen LogP contribution in [0.1, 0.15) is 32.4 Å². The van der Waals surface area contributed by atoms with E-state index in [0.717, 1.165) is 12.8 Å². The first-order valence-corrected chi connectivity index (χ1v) is 7.79. The number of aromatic nitrogens is 2. The average Bonchev–Trinajstić information content (AvgIpc) is 2.76. The molecule has 1 aliphatic rings. The number of likely N-dealkylation sites (N-methyl/N-ethyl adjacent to an activating group) is 1. The predicted octanol–water partition coefficient (Wildman–Crippen LogP) is 1.24. The minimum absolute atomic E-state index is 0.0275. The second-order valence-corrected chi connectivity index (χ2v) is 5.80. The summed E-state index contributed by atoms with van der Waals surface area (Å²) in [5.41, 5.74) is 0.508. The molecule has 9 nitrogen and oxygen atoms in total. The Bertz CT molecular complexity index is 594. The summed E-state index contributed by atoms with van der Waals surface area (Å²) >= 11 is 0. The van der Waals surface area contributed by atoms with Crippen molar-refractivity contribution in [3.63, 3.8) is 0 Å². The van der Waals surface area contributed by atoms with Crippen molar-refractivity contribution in [2.24, 2.45) is 7.05 Å². The zero-order valence-corrected chi connectivity index (χ0v) is 13.7. The number of carboxylic acids is 1. The number of hydrogen-bond donors (Lipinski definition) is 2. The van der Waals surface area contributed by atoms with E-state index >= 15 is 0 Å². The number of nitrogens with zero attached hydrogens (tertiary/aromatic N) is 4. The monoisotopic (exact) mass is 325 g/mol. The van der Waals surface area contributed by atoms with Crippen LogP contribution >= 0.6 is 0 Å². The Balaban J connectivity index is 2.02. The third kappa shape index (κ3) is 3.61. The number of carboxylic acid groups (broad SMARTS) is 1. The maximum Gasteiger partial charge on any atom is 0.333 e. The molecule has 1 fully saturated rings. The first-order chi connectivity index (χ1) is 10.9. The fraction of sp³-hybridized carbons (Fsp3) is 0.714. The Labute approximate surface area is 134 Å². The van der Waals surface area contributed by atoms with Gasteiger partial charge in [-0.15, -0.1) is 0 Å². The Morgan fingerprint density at radius 3 is 2.65 bits per heavy atom. The molecule has 2 N–H and O–H groups in total. The molecular formula is C14H23N5O4. The molecule has 0 amide bonds. The molecule has 1 aromatic rings. The van der Waals surface area contributed by atoms with Crippen molar-refractivity contribution in [1.82, 2.24) is 14.7 Å². The molecule has 0 spiro atoms. The highest BCUT2D eigenvalue weighted by Gasteiger charge is 2.36. The lowest BCUT2D eigenvalue weighted by Crippen LogP contribution is -2.51. The summed E-state index contributed by atoms with van der Waals surface area (Å²) in [5.74, 6) is -0.408. The maximum atomic E-state index is 11.3. The van der Waals surface area contributed by atoms with Gasteiger partial charge < -0.3 is 10.4 Å². The van der Waals surface area contributed by atoms with Crippen LogP contribution in [0.4, 0.5) is 11.5 Å². The number of carbonyl (C=O) groups is 1. The van der Waals surface area contributed by atoms with Crippen LogP contribution in [0.15, 0.2) is 0 Å². The normalized spacial score (nSPS) is 20.3. The number of nitro groups is 1. The summed E-state index contributed by atoms with van der Waals surface area (Å²) in [4.78, 5) is 23.6. The van der Waals surface area contributed by atoms with E-state index in [1.54, 1.807) is 7.05 Å². The van der Waals surface area contributed by atoms with Crippen LogP contribution in [0.5, 0.6) is 0 Å². The van der Waals surface area contributed by atoms with Gasteiger partial charge in [0.05, 0.1) is 11.5 Å². The predicted molar refractivity (Wildman–Crippen MR) is 84.6 cm³/mol. The zero-order chi connectivity index (χ0) is 17.1. The third-order valence-electron chi connectivity index (χ3n) is 4.32. The quantitative estimate of drug-likeness (QED) is 0.546. The molecule has 0 unspecified atom stereocenters. The number of aryl methyl sites for hydroxylation is 2. The highest BCUT2D eigenvalue weighted by atomic mass is 16.6. The standard InChI is InChI=1S/C14H23N5O4/c1-4-11-13(19(22)23)14(17(3)16-11)15-9-6-10(7-9)18(5-2)8-12(20)21/h9-10,15H,4-8H2,1-3H3,(H,20,21). The van der Waals surface area contributed by atoms with E-state index in [1.165, 1.54) is 4.68 Å². The van der Waals surface area contributed by atoms with Gasteiger partial charge in [-0.05, 0) is 25.8 Å². The van der Waals surface area contributed by atoms with Crippen LogP contribution in [0.2, 0.25) is 0 Å². The fourth-order valence-corrected chi connectivity index (χ4v) is 3.03. The van der Waals surface area contributed by atoms with E-state index in [0.29, 0.717) is 24.5 Å². The molecule has 0 saturated heterocycles. The van der Waals surface area contributed by atoms with Crippen molar-refractivity contribution in [3.8, 4) is 0 Å². The van der Waals surface area contributed by atoms with Crippen molar-refractivity contribution >= 4 is 17.5 Å². The zero-order valence-electron chi connectivity index (χ0n) is 13.7. The number of rotatable bonds is 8. The SMILES string of the molecule is CCc1nn(C)c(NC2CC(N(CC)CC(=O)O)C2)c1[N+](=O)[O-]. The molecule has 2 rings (SSSR count). The summed E-state index contributed by atoms with van der Waals surface area (Å²) in [5, 5.41) is 27.6. The summed E-state index contributed by atoms with van der Waals surface area (Å²) < 4.78 is 1.51. The molecule has 0 aromatic carbocycles. The Hall–Kier alpha value is -2.16. The van der Waals surface area contributed by atoms with Gasteiger partial charge in [0.1, 0.15) is 5.69 Å². The Morgan fingerprint density at radius 2 is 2.17 bits per heavy atom. The molecule has 0 atom stereocenters. The summed E-state index contributed by atoms with van der Waals surface area (Å²) in [6, 6.07) is 0.299. The highest BCUT2D eigenvalue weighted by molar-refractivity contribution is 5.69. The van der Waals surface area contributed by atoms with Gasteiger partial charge >= 0.3 is 11.7 Å². The van der Waals surface area contributed by atoms with E-state index in [9.17, 15) is 14.9 Å². The van der Waals surface area contributed by atoms with Crippen LogP contribution in [0, 0.1) is 10.1 Å². The topological polar surface area (TPSA) is 114 Å². The van der Waals surface area contributed by atoms with Crippen molar-refractivity contribution in [3.05, 3.63) is 15.8 Å². The van der Waals surface area contributed by atoms with Gasteiger partial charge in [-0.1, -0.05) is 13.8 Å². The van der Waals surface area contributed by atoms with Gasteiger partial charge in [0.25, 0.3) is 0 Å². The first kappa shape index (κ1) is 17.2. The molecule has 23 heavy (non-hydrogen) atoms. The van der Waals surface area contributed by atoms with Crippen LogP contribution in [0.3, 0.4) is 0 Å². The molecule has 9 heteroatoms. The molecule has 1 saturated carbocycles. The first-order valence-electron chi connectivity index (χ1n) is 7.79. The van der Waals surface area contributed by atoms with Gasteiger partial charge in [0.15, 0.2) is 0 Å². The number of anilines is 1. The minimum atomic E-state index is -0.835. The summed E-state index contributed by atoms with van der Waals surface area (Å²) in [6.45, 7) is 4.47. The van der Waals surface area contributed by atoms with Crippen LogP contribution < -0.4 is 5.32 Å². The lowest BCUT2D eigenvalue weighted by molar-refractivity contribution is -0.384. The van der Waals surface area contributed by atoms with Crippen molar-refractivity contribution in [2.75, 3.05) is 18.4 Å². The Morgan fingerprint density at radius 1 is 1.52 bits per heavy atom. The third-order valence-corrected chi connectivity index (χ3v) is 4.32. The van der Waals surface area contributed by atoms with Gasteiger partial charge in [0, 0.05) is 19.1 Å². The second kappa shape index (κ2) is 6.95. The van der Waals surface area contributed by atoms with Gasteiger partial charge in [-0.2, -0.15) is 5.10 Å². The average molecular weight is 325 g/mol. The highest BCUT2D eigenvalue weighted by Crippen LogP contribution is 2.34. The van der Waals surface area contributed by atoms with E-state index in [4.69, 9.17) is 5.11 Å². The van der Waals surface area contributed by atoms with E-state index in [2.05, 4.69) is 10.4 Å². The minimum Gasteiger partial charge on any atom is -0.480 e. The van der Waals surface area contributed by atoms with E-state index < -0.39 is 10.9 Å². The molecule has 1 aromatic heterocycles. The van der Waals surface area contributed by atoms with Crippen LogP contribution in [-0.2, 0) is 18.3 Å². The van der Waals surface area contributed by atoms with Gasteiger partial charge in [-0.25, -0.2) is 4.68 Å². The molecule has 1 aliphatic carbocycles. The summed E-state index contributed by atoms with van der Waals surface area (Å²) in [7, 11) is 1.69. The van der Waals surface area contributed by atoms with Crippen molar-refractivity contribution < 1.29 is 14.8 Å². The smallest absolute Gasteiger partial charge is 0.333 e. The Kier molecular flexibility index (Phi) is 5.19. The second-order valence-electron chi connectivity index (χ2n) is 5.80. The van der Waals surface area contributed by atoms with E-state index in [1.807, 2.05) is 18.7 Å². The molecule has 128 valence electrons. The maximum absolute atomic E-state index is 11.3. The molecule has 1 heterocycles. The number of hydrogen-bond acceptors (Lipinski definition) is 6. The summed E-state index contributed by atoms with van der Waals surface area (Å²) in [6.07, 6.45) is 2.04. The van der Waals surface area contributed by atoms with Gasteiger partial charge in [-0.3, -0.25) is 19.8 Å². The fourth-order valence-electron chi connectivity index (χ4n) is 3.03. The van der Waals surface area contributed by atoms with Gasteiger partial charge in [0.2, 0.25) is 5.82 Å². The lowest BCUT2D eigenvalue weighted by atomic mass is 9.85. The molecule has 0 bridgehead atoms. The molecular weight excluding hydrogens is 302 g/mol. The van der Waals surface area contributed by atoms with Crippen LogP contribution in [-0.4, -0.2) is 55.9 Å². The molecule has 0 radical (unpaired) electrons. The van der Waals surface area contributed by atoms with Crippen molar-refractivity contribution in [1.29, 1.82) is 0 Å². The van der Waals surface area contributed by atoms with Crippen molar-refractivity contribution in [2.45, 2.75) is 45.2 Å². The molecule has 0 aliphatic heterocycles. The number of aliphatic carboxylic acids is 1.